The van der Waals surface area contributed by atoms with Crippen LogP contribution in [-0.2, 0) is 6.42 Å². The van der Waals surface area contributed by atoms with Gasteiger partial charge in [-0.3, -0.25) is 0 Å². The van der Waals surface area contributed by atoms with Crippen LogP contribution in [0.5, 0.6) is 0 Å². The maximum Gasteiger partial charge on any atom is 0.0928 e. The number of unbranched alkanes of at least 4 members (excludes halogenated alkanes) is 4. The number of thiazole rings is 1. The number of aryl methyl sites for hydroxylation is 2. The maximum absolute atomic E-state index is 4.46. The summed E-state index contributed by atoms with van der Waals surface area (Å²) >= 11 is 5.25. The van der Waals surface area contributed by atoms with Crippen LogP contribution in [-0.4, -0.2) is 10.3 Å². The van der Waals surface area contributed by atoms with Crippen molar-refractivity contribution in [3.8, 4) is 0 Å². The minimum atomic E-state index is 1.15. The van der Waals surface area contributed by atoms with Crippen molar-refractivity contribution in [2.24, 2.45) is 0 Å². The van der Waals surface area contributed by atoms with Crippen LogP contribution in [0.1, 0.15) is 42.8 Å². The molecule has 0 fully saturated rings. The first-order valence-corrected chi connectivity index (χ1v) is 7.30. The number of halogens is 1. The van der Waals surface area contributed by atoms with Gasteiger partial charge in [0.1, 0.15) is 0 Å². The van der Waals surface area contributed by atoms with Crippen molar-refractivity contribution in [1.29, 1.82) is 0 Å². The highest BCUT2D eigenvalue weighted by atomic mass is 79.9. The molecule has 14 heavy (non-hydrogen) atoms. The quantitative estimate of drug-likeness (QED) is 0.533. The van der Waals surface area contributed by atoms with Crippen LogP contribution in [0.4, 0.5) is 0 Å². The first-order chi connectivity index (χ1) is 6.83. The lowest BCUT2D eigenvalue weighted by Gasteiger charge is -1.98. The van der Waals surface area contributed by atoms with Gasteiger partial charge in [0, 0.05) is 16.4 Å². The first-order valence-electron chi connectivity index (χ1n) is 5.30. The van der Waals surface area contributed by atoms with E-state index in [1.165, 1.54) is 49.2 Å². The Morgan fingerprint density at radius 2 is 1.93 bits per heavy atom. The summed E-state index contributed by atoms with van der Waals surface area (Å²) in [7, 11) is 0. The zero-order chi connectivity index (χ0) is 10.2. The molecule has 0 bridgehead atoms. The van der Waals surface area contributed by atoms with Gasteiger partial charge in [0.15, 0.2) is 0 Å². The molecule has 0 radical (unpaired) electrons. The molecule has 3 heteroatoms. The van der Waals surface area contributed by atoms with Crippen LogP contribution in [0, 0.1) is 6.92 Å². The summed E-state index contributed by atoms with van der Waals surface area (Å²) < 4.78 is 0. The molecule has 0 saturated heterocycles. The summed E-state index contributed by atoms with van der Waals surface area (Å²) in [6.45, 7) is 2.07. The van der Waals surface area contributed by atoms with Crippen LogP contribution in [0.3, 0.4) is 0 Å². The van der Waals surface area contributed by atoms with E-state index in [-0.39, 0.29) is 0 Å². The third kappa shape index (κ3) is 5.11. The molecule has 1 aromatic rings. The third-order valence-electron chi connectivity index (χ3n) is 2.19. The SMILES string of the molecule is Cc1csc(CCCCCCCBr)n1. The Labute approximate surface area is 99.1 Å². The Bertz CT molecular complexity index is 247. The zero-order valence-corrected chi connectivity index (χ0v) is 11.2. The van der Waals surface area contributed by atoms with E-state index in [2.05, 4.69) is 33.2 Å². The second-order valence-corrected chi connectivity index (χ2v) is 5.33. The summed E-state index contributed by atoms with van der Waals surface area (Å²) in [5.74, 6) is 0. The molecule has 0 aliphatic rings. The van der Waals surface area contributed by atoms with Gasteiger partial charge < -0.3 is 0 Å². The van der Waals surface area contributed by atoms with Crippen molar-refractivity contribution in [3.05, 3.63) is 16.1 Å². The topological polar surface area (TPSA) is 12.9 Å². The van der Waals surface area contributed by atoms with E-state index in [4.69, 9.17) is 0 Å². The number of hydrogen-bond acceptors (Lipinski definition) is 2. The highest BCUT2D eigenvalue weighted by molar-refractivity contribution is 9.09. The number of rotatable bonds is 7. The fourth-order valence-corrected chi connectivity index (χ4v) is 2.63. The third-order valence-corrected chi connectivity index (χ3v) is 3.78. The average Bonchev–Trinajstić information content (AvgIpc) is 2.58. The average molecular weight is 276 g/mol. The Kier molecular flexibility index (Phi) is 6.45. The lowest BCUT2D eigenvalue weighted by atomic mass is 10.1. The molecule has 0 atom stereocenters. The van der Waals surface area contributed by atoms with E-state index >= 15 is 0 Å². The van der Waals surface area contributed by atoms with Crippen molar-refractivity contribution in [2.75, 3.05) is 5.33 Å². The van der Waals surface area contributed by atoms with Gasteiger partial charge in [-0.2, -0.15) is 0 Å². The van der Waals surface area contributed by atoms with E-state index in [9.17, 15) is 0 Å². The van der Waals surface area contributed by atoms with E-state index in [0.717, 1.165) is 5.33 Å². The summed E-state index contributed by atoms with van der Waals surface area (Å²) in [6, 6.07) is 0. The van der Waals surface area contributed by atoms with Gasteiger partial charge >= 0.3 is 0 Å². The molecule has 1 nitrogen and oxygen atoms in total. The largest absolute Gasteiger partial charge is 0.247 e. The van der Waals surface area contributed by atoms with Crippen molar-refractivity contribution in [2.45, 2.75) is 45.4 Å². The molecule has 0 aliphatic heterocycles. The molecule has 0 spiro atoms. The molecule has 1 rings (SSSR count). The molecule has 0 amide bonds. The minimum absolute atomic E-state index is 1.15. The van der Waals surface area contributed by atoms with E-state index in [0.29, 0.717) is 0 Å². The predicted molar refractivity (Wildman–Crippen MR) is 67.4 cm³/mol. The second kappa shape index (κ2) is 7.41. The first kappa shape index (κ1) is 12.2. The number of hydrogen-bond donors (Lipinski definition) is 0. The van der Waals surface area contributed by atoms with Crippen LogP contribution in [0.2, 0.25) is 0 Å². The predicted octanol–water partition coefficient (Wildman–Crippen LogP) is 4.34. The van der Waals surface area contributed by atoms with Crippen molar-refractivity contribution < 1.29 is 0 Å². The van der Waals surface area contributed by atoms with Crippen LogP contribution >= 0.6 is 27.3 Å². The molecule has 0 N–H and O–H groups in total. The van der Waals surface area contributed by atoms with Crippen LogP contribution < -0.4 is 0 Å². The molecular weight excluding hydrogens is 258 g/mol. The molecular formula is C11H18BrNS. The van der Waals surface area contributed by atoms with Gasteiger partial charge in [0.25, 0.3) is 0 Å². The fraction of sp³-hybridized carbons (Fsp3) is 0.727. The molecule has 0 aromatic carbocycles. The van der Waals surface area contributed by atoms with Crippen molar-refractivity contribution >= 4 is 27.3 Å². The summed E-state index contributed by atoms with van der Waals surface area (Å²) in [5.41, 5.74) is 1.17. The lowest BCUT2D eigenvalue weighted by molar-refractivity contribution is 0.634. The fourth-order valence-electron chi connectivity index (χ4n) is 1.42. The molecule has 0 aliphatic carbocycles. The van der Waals surface area contributed by atoms with E-state index in [1.807, 2.05) is 0 Å². The van der Waals surface area contributed by atoms with E-state index in [1.54, 1.807) is 11.3 Å². The number of alkyl halides is 1. The number of aromatic nitrogens is 1. The minimum Gasteiger partial charge on any atom is -0.247 e. The molecule has 1 aromatic heterocycles. The van der Waals surface area contributed by atoms with Crippen LogP contribution in [0.25, 0.3) is 0 Å². The van der Waals surface area contributed by atoms with Crippen molar-refractivity contribution in [3.63, 3.8) is 0 Å². The molecule has 80 valence electrons. The molecule has 0 unspecified atom stereocenters. The van der Waals surface area contributed by atoms with Gasteiger partial charge in [-0.15, -0.1) is 11.3 Å². The highest BCUT2D eigenvalue weighted by Gasteiger charge is 1.97. The normalized spacial score (nSPS) is 10.7. The van der Waals surface area contributed by atoms with Gasteiger partial charge in [-0.25, -0.2) is 4.98 Å². The smallest absolute Gasteiger partial charge is 0.0928 e. The zero-order valence-electron chi connectivity index (χ0n) is 8.76. The Hall–Kier alpha value is 0.110. The standard InChI is InChI=1S/C11H18BrNS/c1-10-9-14-11(13-10)7-5-3-2-4-6-8-12/h9H,2-8H2,1H3. The summed E-state index contributed by atoms with van der Waals surface area (Å²) in [4.78, 5) is 4.46. The van der Waals surface area contributed by atoms with Gasteiger partial charge in [0.2, 0.25) is 0 Å². The van der Waals surface area contributed by atoms with Crippen LogP contribution in [0.15, 0.2) is 5.38 Å². The second-order valence-electron chi connectivity index (χ2n) is 3.59. The highest BCUT2D eigenvalue weighted by Crippen LogP contribution is 2.13. The Balaban J connectivity index is 1.99. The Morgan fingerprint density at radius 3 is 2.57 bits per heavy atom. The summed E-state index contributed by atoms with van der Waals surface area (Å²) in [5, 5.41) is 4.60. The lowest BCUT2D eigenvalue weighted by Crippen LogP contribution is -1.85. The van der Waals surface area contributed by atoms with Gasteiger partial charge in [-0.1, -0.05) is 35.2 Å². The maximum atomic E-state index is 4.46. The van der Waals surface area contributed by atoms with E-state index < -0.39 is 0 Å². The number of nitrogens with zero attached hydrogens (tertiary/aromatic N) is 1. The monoisotopic (exact) mass is 275 g/mol. The summed E-state index contributed by atoms with van der Waals surface area (Å²) in [6.07, 6.45) is 7.88. The van der Waals surface area contributed by atoms with Gasteiger partial charge in [-0.05, 0) is 26.2 Å². The van der Waals surface area contributed by atoms with Gasteiger partial charge in [0.05, 0.1) is 5.01 Å². The molecule has 1 heterocycles. The Morgan fingerprint density at radius 1 is 1.21 bits per heavy atom. The molecule has 0 saturated carbocycles. The van der Waals surface area contributed by atoms with Crippen molar-refractivity contribution in [1.82, 2.24) is 4.98 Å².